The van der Waals surface area contributed by atoms with E-state index in [0.717, 1.165) is 12.2 Å². The average molecular weight is 250 g/mol. The fourth-order valence-corrected chi connectivity index (χ4v) is 1.57. The van der Waals surface area contributed by atoms with Crippen molar-refractivity contribution in [2.75, 3.05) is 13.2 Å². The summed E-state index contributed by atoms with van der Waals surface area (Å²) < 4.78 is 10.9. The zero-order valence-electron chi connectivity index (χ0n) is 11.4. The summed E-state index contributed by atoms with van der Waals surface area (Å²) in [5.74, 6) is 0.839. The number of carbonyl (C=O) groups is 1. The molecule has 1 rings (SSSR count). The number of ketones is 1. The first-order valence-corrected chi connectivity index (χ1v) is 6.51. The van der Waals surface area contributed by atoms with Crippen LogP contribution in [0.15, 0.2) is 24.3 Å². The molecule has 0 atom stereocenters. The Kier molecular flexibility index (Phi) is 6.44. The van der Waals surface area contributed by atoms with Gasteiger partial charge in [0, 0.05) is 18.6 Å². The SMILES string of the molecule is CCCOCCC(=O)c1cccc(OC(C)C)c1. The number of carbonyl (C=O) groups excluding carboxylic acids is 1. The molecule has 3 nitrogen and oxygen atoms in total. The van der Waals surface area contributed by atoms with Crippen LogP contribution in [0.25, 0.3) is 0 Å². The van der Waals surface area contributed by atoms with E-state index in [-0.39, 0.29) is 11.9 Å². The quantitative estimate of drug-likeness (QED) is 0.523. The lowest BCUT2D eigenvalue weighted by molar-refractivity contribution is 0.0878. The lowest BCUT2D eigenvalue weighted by Gasteiger charge is -2.10. The van der Waals surface area contributed by atoms with Gasteiger partial charge in [-0.05, 0) is 32.4 Å². The van der Waals surface area contributed by atoms with E-state index < -0.39 is 0 Å². The van der Waals surface area contributed by atoms with E-state index in [4.69, 9.17) is 9.47 Å². The molecule has 1 aromatic carbocycles. The largest absolute Gasteiger partial charge is 0.491 e. The molecule has 0 aliphatic rings. The van der Waals surface area contributed by atoms with Crippen LogP contribution >= 0.6 is 0 Å². The minimum absolute atomic E-state index is 0.0975. The highest BCUT2D eigenvalue weighted by Gasteiger charge is 2.07. The van der Waals surface area contributed by atoms with Gasteiger partial charge in [0.1, 0.15) is 5.75 Å². The standard InChI is InChI=1S/C15H22O3/c1-4-9-17-10-8-15(16)13-6-5-7-14(11-13)18-12(2)3/h5-7,11-12H,4,8-10H2,1-3H3. The van der Waals surface area contributed by atoms with Gasteiger partial charge in [-0.3, -0.25) is 4.79 Å². The molecule has 100 valence electrons. The van der Waals surface area contributed by atoms with Crippen molar-refractivity contribution < 1.29 is 14.3 Å². The molecule has 0 aliphatic carbocycles. The lowest BCUT2D eigenvalue weighted by atomic mass is 10.1. The number of hydrogen-bond acceptors (Lipinski definition) is 3. The molecule has 18 heavy (non-hydrogen) atoms. The van der Waals surface area contributed by atoms with Crippen LogP contribution in [-0.2, 0) is 4.74 Å². The van der Waals surface area contributed by atoms with Crippen LogP contribution in [0.5, 0.6) is 5.75 Å². The predicted octanol–water partition coefficient (Wildman–Crippen LogP) is 3.47. The van der Waals surface area contributed by atoms with Crippen molar-refractivity contribution in [3.63, 3.8) is 0 Å². The van der Waals surface area contributed by atoms with Gasteiger partial charge in [-0.1, -0.05) is 19.1 Å². The lowest BCUT2D eigenvalue weighted by Crippen LogP contribution is -2.08. The van der Waals surface area contributed by atoms with Crippen LogP contribution in [0, 0.1) is 0 Å². The Morgan fingerprint density at radius 3 is 2.72 bits per heavy atom. The van der Waals surface area contributed by atoms with Gasteiger partial charge in [-0.15, -0.1) is 0 Å². The van der Waals surface area contributed by atoms with Crippen molar-refractivity contribution in [3.05, 3.63) is 29.8 Å². The Morgan fingerprint density at radius 2 is 2.06 bits per heavy atom. The molecular formula is C15H22O3. The number of Topliss-reactive ketones (excluding diaryl/α,β-unsaturated/α-hetero) is 1. The third-order valence-corrected chi connectivity index (χ3v) is 2.35. The van der Waals surface area contributed by atoms with E-state index in [1.165, 1.54) is 0 Å². The van der Waals surface area contributed by atoms with Gasteiger partial charge >= 0.3 is 0 Å². The van der Waals surface area contributed by atoms with Crippen molar-refractivity contribution in [3.8, 4) is 5.75 Å². The molecule has 0 N–H and O–H groups in total. The zero-order valence-corrected chi connectivity index (χ0v) is 11.4. The minimum atomic E-state index is 0.0975. The minimum Gasteiger partial charge on any atom is -0.491 e. The second-order valence-corrected chi connectivity index (χ2v) is 4.48. The first kappa shape index (κ1) is 14.7. The summed E-state index contributed by atoms with van der Waals surface area (Å²) in [4.78, 5) is 11.9. The second kappa shape index (κ2) is 7.88. The molecule has 0 aromatic heterocycles. The van der Waals surface area contributed by atoms with Crippen LogP contribution in [0.3, 0.4) is 0 Å². The van der Waals surface area contributed by atoms with Gasteiger partial charge in [0.2, 0.25) is 0 Å². The van der Waals surface area contributed by atoms with Gasteiger partial charge in [-0.25, -0.2) is 0 Å². The van der Waals surface area contributed by atoms with Crippen molar-refractivity contribution in [2.45, 2.75) is 39.7 Å². The summed E-state index contributed by atoms with van der Waals surface area (Å²) in [7, 11) is 0. The highest BCUT2D eigenvalue weighted by molar-refractivity contribution is 5.96. The summed E-state index contributed by atoms with van der Waals surface area (Å²) in [5, 5.41) is 0. The molecule has 0 radical (unpaired) electrons. The number of ether oxygens (including phenoxy) is 2. The molecule has 0 heterocycles. The fourth-order valence-electron chi connectivity index (χ4n) is 1.57. The van der Waals surface area contributed by atoms with Crippen LogP contribution in [-0.4, -0.2) is 25.1 Å². The third-order valence-electron chi connectivity index (χ3n) is 2.35. The molecule has 0 saturated heterocycles. The van der Waals surface area contributed by atoms with Crippen LogP contribution in [0.4, 0.5) is 0 Å². The Balaban J connectivity index is 2.51. The average Bonchev–Trinajstić information content (AvgIpc) is 2.34. The molecule has 3 heteroatoms. The first-order valence-electron chi connectivity index (χ1n) is 6.51. The molecule has 0 unspecified atom stereocenters. The van der Waals surface area contributed by atoms with Crippen LogP contribution in [0.2, 0.25) is 0 Å². The summed E-state index contributed by atoms with van der Waals surface area (Å²) >= 11 is 0. The topological polar surface area (TPSA) is 35.5 Å². The summed E-state index contributed by atoms with van der Waals surface area (Å²) in [6.45, 7) is 7.18. The van der Waals surface area contributed by atoms with E-state index in [2.05, 4.69) is 6.92 Å². The number of benzene rings is 1. The van der Waals surface area contributed by atoms with Gasteiger partial charge in [0.05, 0.1) is 12.7 Å². The predicted molar refractivity (Wildman–Crippen MR) is 72.3 cm³/mol. The zero-order chi connectivity index (χ0) is 13.4. The molecule has 0 aliphatic heterocycles. The second-order valence-electron chi connectivity index (χ2n) is 4.48. The Hall–Kier alpha value is -1.35. The van der Waals surface area contributed by atoms with E-state index in [1.807, 2.05) is 32.0 Å². The molecule has 0 saturated carbocycles. The first-order chi connectivity index (χ1) is 8.63. The number of hydrogen-bond donors (Lipinski definition) is 0. The Morgan fingerprint density at radius 1 is 1.28 bits per heavy atom. The van der Waals surface area contributed by atoms with Gasteiger partial charge in [0.15, 0.2) is 5.78 Å². The van der Waals surface area contributed by atoms with Gasteiger partial charge in [-0.2, -0.15) is 0 Å². The van der Waals surface area contributed by atoms with E-state index >= 15 is 0 Å². The fraction of sp³-hybridized carbons (Fsp3) is 0.533. The van der Waals surface area contributed by atoms with E-state index in [1.54, 1.807) is 6.07 Å². The van der Waals surface area contributed by atoms with Crippen molar-refractivity contribution in [1.29, 1.82) is 0 Å². The molecular weight excluding hydrogens is 228 g/mol. The van der Waals surface area contributed by atoms with E-state index in [9.17, 15) is 4.79 Å². The van der Waals surface area contributed by atoms with Gasteiger partial charge in [0.25, 0.3) is 0 Å². The summed E-state index contributed by atoms with van der Waals surface area (Å²) in [6.07, 6.45) is 1.51. The Labute approximate surface area is 109 Å². The van der Waals surface area contributed by atoms with Gasteiger partial charge < -0.3 is 9.47 Å². The van der Waals surface area contributed by atoms with Crippen LogP contribution in [0.1, 0.15) is 44.0 Å². The van der Waals surface area contributed by atoms with Crippen molar-refractivity contribution >= 4 is 5.78 Å². The smallest absolute Gasteiger partial charge is 0.165 e. The maximum absolute atomic E-state index is 11.9. The maximum atomic E-state index is 11.9. The number of rotatable bonds is 8. The molecule has 0 amide bonds. The summed E-state index contributed by atoms with van der Waals surface area (Å²) in [5.41, 5.74) is 0.688. The molecule has 1 aromatic rings. The molecule has 0 spiro atoms. The van der Waals surface area contributed by atoms with Crippen LogP contribution < -0.4 is 4.74 Å². The van der Waals surface area contributed by atoms with Crippen molar-refractivity contribution in [2.24, 2.45) is 0 Å². The third kappa shape index (κ3) is 5.32. The normalized spacial score (nSPS) is 10.7. The Bertz CT molecular complexity index is 372. The highest BCUT2D eigenvalue weighted by atomic mass is 16.5. The molecule has 0 fully saturated rings. The van der Waals surface area contributed by atoms with E-state index in [0.29, 0.717) is 25.2 Å². The highest BCUT2D eigenvalue weighted by Crippen LogP contribution is 2.16. The maximum Gasteiger partial charge on any atom is 0.165 e. The molecule has 0 bridgehead atoms. The summed E-state index contributed by atoms with van der Waals surface area (Å²) in [6, 6.07) is 7.32. The monoisotopic (exact) mass is 250 g/mol. The van der Waals surface area contributed by atoms with Crippen molar-refractivity contribution in [1.82, 2.24) is 0 Å².